The maximum absolute atomic E-state index is 13.1. The molecule has 0 aliphatic carbocycles. The molecule has 0 aromatic heterocycles. The Morgan fingerprint density at radius 3 is 2.90 bits per heavy atom. The molecule has 0 saturated carbocycles. The van der Waals surface area contributed by atoms with E-state index in [0.717, 1.165) is 4.90 Å². The molecule has 2 aromatic carbocycles. The third-order valence-electron chi connectivity index (χ3n) is 2.96. The monoisotopic (exact) mass is 302 g/mol. The molecular formula is C15H11FN2O2S. The molecule has 1 aliphatic rings. The molecule has 2 N–H and O–H groups in total. The first-order chi connectivity index (χ1) is 10.1. The largest absolute Gasteiger partial charge is 0.324 e. The van der Waals surface area contributed by atoms with Crippen molar-refractivity contribution in [1.29, 1.82) is 0 Å². The van der Waals surface area contributed by atoms with Crippen molar-refractivity contribution in [3.05, 3.63) is 53.8 Å². The van der Waals surface area contributed by atoms with Gasteiger partial charge >= 0.3 is 0 Å². The lowest BCUT2D eigenvalue weighted by Crippen LogP contribution is -2.19. The fourth-order valence-electron chi connectivity index (χ4n) is 1.99. The van der Waals surface area contributed by atoms with Gasteiger partial charge in [-0.1, -0.05) is 6.07 Å². The van der Waals surface area contributed by atoms with E-state index >= 15 is 0 Å². The van der Waals surface area contributed by atoms with E-state index in [2.05, 4.69) is 10.6 Å². The molecule has 2 amide bonds. The Hall–Kier alpha value is -2.34. The Morgan fingerprint density at radius 2 is 2.10 bits per heavy atom. The zero-order chi connectivity index (χ0) is 14.8. The van der Waals surface area contributed by atoms with E-state index < -0.39 is 5.82 Å². The summed E-state index contributed by atoms with van der Waals surface area (Å²) >= 11 is 1.43. The van der Waals surface area contributed by atoms with Gasteiger partial charge in [0, 0.05) is 16.1 Å². The second-order valence-electron chi connectivity index (χ2n) is 4.51. The first kappa shape index (κ1) is 13.6. The lowest BCUT2D eigenvalue weighted by Gasteiger charge is -2.16. The minimum Gasteiger partial charge on any atom is -0.324 e. The molecule has 0 radical (unpaired) electrons. The van der Waals surface area contributed by atoms with Crippen molar-refractivity contribution >= 4 is 35.0 Å². The van der Waals surface area contributed by atoms with Gasteiger partial charge in [-0.05, 0) is 36.4 Å². The second kappa shape index (κ2) is 5.57. The molecule has 0 unspecified atom stereocenters. The van der Waals surface area contributed by atoms with Gasteiger partial charge in [0.1, 0.15) is 5.82 Å². The highest BCUT2D eigenvalue weighted by Gasteiger charge is 2.17. The van der Waals surface area contributed by atoms with Crippen LogP contribution in [0.5, 0.6) is 0 Å². The molecule has 3 rings (SSSR count). The van der Waals surface area contributed by atoms with Gasteiger partial charge in [0.25, 0.3) is 5.91 Å². The topological polar surface area (TPSA) is 58.2 Å². The fourth-order valence-corrected chi connectivity index (χ4v) is 2.78. The normalized spacial score (nSPS) is 13.3. The van der Waals surface area contributed by atoms with Crippen molar-refractivity contribution in [1.82, 2.24) is 0 Å². The number of amides is 2. The van der Waals surface area contributed by atoms with E-state index in [4.69, 9.17) is 0 Å². The summed E-state index contributed by atoms with van der Waals surface area (Å²) in [6.07, 6.45) is 0. The van der Waals surface area contributed by atoms with Crippen LogP contribution < -0.4 is 10.6 Å². The van der Waals surface area contributed by atoms with Crippen LogP contribution >= 0.6 is 11.8 Å². The highest BCUT2D eigenvalue weighted by molar-refractivity contribution is 8.00. The van der Waals surface area contributed by atoms with E-state index in [-0.39, 0.29) is 11.8 Å². The summed E-state index contributed by atoms with van der Waals surface area (Å²) in [4.78, 5) is 24.4. The van der Waals surface area contributed by atoms with Gasteiger partial charge in [-0.3, -0.25) is 9.59 Å². The van der Waals surface area contributed by atoms with Crippen LogP contribution in [0.1, 0.15) is 10.4 Å². The number of fused-ring (bicyclic) bond motifs is 1. The van der Waals surface area contributed by atoms with Crippen LogP contribution in [0.25, 0.3) is 0 Å². The average molecular weight is 302 g/mol. The number of thioether (sulfide) groups is 1. The number of halogens is 1. The van der Waals surface area contributed by atoms with E-state index in [0.29, 0.717) is 22.7 Å². The van der Waals surface area contributed by atoms with E-state index in [1.54, 1.807) is 24.3 Å². The predicted octanol–water partition coefficient (Wildman–Crippen LogP) is 3.12. The molecule has 0 spiro atoms. The predicted molar refractivity (Wildman–Crippen MR) is 80.1 cm³/mol. The van der Waals surface area contributed by atoms with Crippen LogP contribution in [-0.2, 0) is 4.79 Å². The van der Waals surface area contributed by atoms with E-state index in [9.17, 15) is 14.0 Å². The van der Waals surface area contributed by atoms with Crippen LogP contribution in [0.3, 0.4) is 0 Å². The van der Waals surface area contributed by atoms with Crippen molar-refractivity contribution in [3.8, 4) is 0 Å². The van der Waals surface area contributed by atoms with Crippen molar-refractivity contribution < 1.29 is 14.0 Å². The summed E-state index contributed by atoms with van der Waals surface area (Å²) in [6.45, 7) is 0. The van der Waals surface area contributed by atoms with Crippen LogP contribution in [0, 0.1) is 5.82 Å². The summed E-state index contributed by atoms with van der Waals surface area (Å²) in [5.74, 6) is -0.479. The maximum Gasteiger partial charge on any atom is 0.255 e. The molecule has 1 heterocycles. The summed E-state index contributed by atoms with van der Waals surface area (Å²) in [6, 6.07) is 10.8. The number of rotatable bonds is 2. The summed E-state index contributed by atoms with van der Waals surface area (Å²) < 4.78 is 13.1. The summed E-state index contributed by atoms with van der Waals surface area (Å²) in [7, 11) is 0. The number of nitrogens with one attached hydrogen (secondary N) is 2. The summed E-state index contributed by atoms with van der Waals surface area (Å²) in [5.41, 5.74) is 1.42. The number of hydrogen-bond acceptors (Lipinski definition) is 3. The van der Waals surface area contributed by atoms with E-state index in [1.165, 1.54) is 30.0 Å². The lowest BCUT2D eigenvalue weighted by atomic mass is 10.1. The minimum absolute atomic E-state index is 0.0878. The third kappa shape index (κ3) is 3.05. The summed E-state index contributed by atoms with van der Waals surface area (Å²) in [5, 5.41) is 5.35. The third-order valence-corrected chi connectivity index (χ3v) is 4.03. The zero-order valence-corrected chi connectivity index (χ0v) is 11.7. The maximum atomic E-state index is 13.1. The van der Waals surface area contributed by atoms with E-state index in [1.807, 2.05) is 0 Å². The van der Waals surface area contributed by atoms with Crippen LogP contribution in [0.4, 0.5) is 15.8 Å². The highest BCUT2D eigenvalue weighted by atomic mass is 32.2. The number of benzene rings is 2. The number of carbonyl (C=O) groups is 2. The second-order valence-corrected chi connectivity index (χ2v) is 5.53. The SMILES string of the molecule is O=C1CSc2ccc(C(=O)Nc3cccc(F)c3)cc2N1. The molecule has 0 saturated heterocycles. The standard InChI is InChI=1S/C15H11FN2O2S/c16-10-2-1-3-11(7-10)17-15(20)9-4-5-13-12(6-9)18-14(19)8-21-13/h1-7H,8H2,(H,17,20)(H,18,19). The smallest absolute Gasteiger partial charge is 0.255 e. The van der Waals surface area contributed by atoms with Gasteiger partial charge in [-0.15, -0.1) is 11.8 Å². The minimum atomic E-state index is -0.415. The lowest BCUT2D eigenvalue weighted by molar-refractivity contribution is -0.113. The van der Waals surface area contributed by atoms with Gasteiger partial charge in [-0.25, -0.2) is 4.39 Å². The molecule has 1 aliphatic heterocycles. The fraction of sp³-hybridized carbons (Fsp3) is 0.0667. The molecular weight excluding hydrogens is 291 g/mol. The van der Waals surface area contributed by atoms with Gasteiger partial charge in [0.05, 0.1) is 11.4 Å². The van der Waals surface area contributed by atoms with Gasteiger partial charge in [0.2, 0.25) is 5.91 Å². The Morgan fingerprint density at radius 1 is 1.24 bits per heavy atom. The first-order valence-corrected chi connectivity index (χ1v) is 7.24. The van der Waals surface area contributed by atoms with Crippen LogP contribution in [0.2, 0.25) is 0 Å². The Labute approximate surface area is 124 Å². The first-order valence-electron chi connectivity index (χ1n) is 6.25. The van der Waals surface area contributed by atoms with Crippen LogP contribution in [0.15, 0.2) is 47.4 Å². The number of hydrogen-bond donors (Lipinski definition) is 2. The highest BCUT2D eigenvalue weighted by Crippen LogP contribution is 2.32. The number of carbonyl (C=O) groups excluding carboxylic acids is 2. The molecule has 2 aromatic rings. The molecule has 4 nitrogen and oxygen atoms in total. The van der Waals surface area contributed by atoms with Gasteiger partial charge in [-0.2, -0.15) is 0 Å². The molecule has 0 fully saturated rings. The molecule has 21 heavy (non-hydrogen) atoms. The molecule has 0 bridgehead atoms. The van der Waals surface area contributed by atoms with Gasteiger partial charge < -0.3 is 10.6 Å². The number of anilines is 2. The molecule has 6 heteroatoms. The van der Waals surface area contributed by atoms with Gasteiger partial charge in [0.15, 0.2) is 0 Å². The quantitative estimate of drug-likeness (QED) is 0.896. The zero-order valence-electron chi connectivity index (χ0n) is 10.9. The van der Waals surface area contributed by atoms with Crippen molar-refractivity contribution in [2.45, 2.75) is 4.90 Å². The van der Waals surface area contributed by atoms with Crippen molar-refractivity contribution in [2.75, 3.05) is 16.4 Å². The van der Waals surface area contributed by atoms with Crippen LogP contribution in [-0.4, -0.2) is 17.6 Å². The molecule has 0 atom stereocenters. The van der Waals surface area contributed by atoms with Crippen molar-refractivity contribution in [3.63, 3.8) is 0 Å². The average Bonchev–Trinajstić information content (AvgIpc) is 2.46. The Kier molecular flexibility index (Phi) is 3.62. The Bertz CT molecular complexity index is 733. The Balaban J connectivity index is 1.82. The molecule has 106 valence electrons. The van der Waals surface area contributed by atoms with Crippen molar-refractivity contribution in [2.24, 2.45) is 0 Å².